The van der Waals surface area contributed by atoms with Gasteiger partial charge in [-0.05, 0) is 46.1 Å². The number of nitrogens with one attached hydrogen (secondary N) is 3. The molecule has 10 heteroatoms. The first kappa shape index (κ1) is 20.4. The summed E-state index contributed by atoms with van der Waals surface area (Å²) in [7, 11) is 0. The molecular weight excluding hydrogens is 389 g/mol. The van der Waals surface area contributed by atoms with Crippen LogP contribution in [0.5, 0.6) is 0 Å². The first-order valence-electron chi connectivity index (χ1n) is 10.3. The van der Waals surface area contributed by atoms with Gasteiger partial charge in [-0.25, -0.2) is 14.2 Å². The fraction of sp³-hybridized carbons (Fsp3) is 0.600. The van der Waals surface area contributed by atoms with E-state index >= 15 is 0 Å². The van der Waals surface area contributed by atoms with Crippen molar-refractivity contribution in [3.05, 3.63) is 24.0 Å². The summed E-state index contributed by atoms with van der Waals surface area (Å²) in [6, 6.07) is 3.23. The molecule has 162 valence electrons. The van der Waals surface area contributed by atoms with Gasteiger partial charge in [-0.2, -0.15) is 10.1 Å². The van der Waals surface area contributed by atoms with Crippen molar-refractivity contribution >= 4 is 23.7 Å². The molecule has 4 rings (SSSR count). The van der Waals surface area contributed by atoms with Gasteiger partial charge in [0.2, 0.25) is 5.95 Å². The normalized spacial score (nSPS) is 21.9. The molecule has 2 atom stereocenters. The third-order valence-corrected chi connectivity index (χ3v) is 5.03. The van der Waals surface area contributed by atoms with Crippen LogP contribution in [0.2, 0.25) is 0 Å². The molecule has 1 saturated carbocycles. The monoisotopic (exact) mass is 417 g/mol. The Bertz CT molecular complexity index is 893. The standard InChI is InChI=1S/C20H28FN7O2/c1-20(2,3)30-19(29)28-9-7-14(13(21)11-28)23-18-22-8-6-16(25-18)24-17-10-15(26-27-17)12-4-5-12/h6,8,10,12-14H,4-5,7,9,11H2,1-3H3,(H3,22,23,24,25,26,27)/t13-,14+/m0/s1. The summed E-state index contributed by atoms with van der Waals surface area (Å²) in [5.41, 5.74) is 0.523. The number of alkyl halides is 1. The number of nitrogens with zero attached hydrogens (tertiary/aromatic N) is 4. The minimum Gasteiger partial charge on any atom is -0.444 e. The number of anilines is 3. The Morgan fingerprint density at radius 1 is 1.30 bits per heavy atom. The third-order valence-electron chi connectivity index (χ3n) is 5.03. The van der Waals surface area contributed by atoms with E-state index in [0.29, 0.717) is 36.5 Å². The first-order chi connectivity index (χ1) is 14.3. The minimum absolute atomic E-state index is 0.0261. The fourth-order valence-electron chi connectivity index (χ4n) is 3.36. The van der Waals surface area contributed by atoms with Gasteiger partial charge in [0.15, 0.2) is 5.82 Å². The van der Waals surface area contributed by atoms with Crippen molar-refractivity contribution in [2.45, 2.75) is 63.8 Å². The van der Waals surface area contributed by atoms with E-state index in [1.807, 2.05) is 6.07 Å². The highest BCUT2D eigenvalue weighted by molar-refractivity contribution is 5.68. The fourth-order valence-corrected chi connectivity index (χ4v) is 3.36. The molecule has 0 radical (unpaired) electrons. The van der Waals surface area contributed by atoms with Crippen LogP contribution in [0.15, 0.2) is 18.3 Å². The topological polar surface area (TPSA) is 108 Å². The summed E-state index contributed by atoms with van der Waals surface area (Å²) in [5.74, 6) is 2.18. The van der Waals surface area contributed by atoms with Gasteiger partial charge in [-0.1, -0.05) is 0 Å². The molecule has 0 bridgehead atoms. The molecular formula is C20H28FN7O2. The highest BCUT2D eigenvalue weighted by Gasteiger charge is 2.34. The Morgan fingerprint density at radius 2 is 2.10 bits per heavy atom. The molecule has 1 aliphatic carbocycles. The number of halogens is 1. The Kier molecular flexibility index (Phi) is 5.48. The Labute approximate surface area is 174 Å². The summed E-state index contributed by atoms with van der Waals surface area (Å²) in [6.07, 6.45) is 2.69. The summed E-state index contributed by atoms with van der Waals surface area (Å²) in [4.78, 5) is 22.2. The van der Waals surface area contributed by atoms with Crippen LogP contribution in [0.3, 0.4) is 0 Å². The molecule has 0 spiro atoms. The van der Waals surface area contributed by atoms with Crippen LogP contribution < -0.4 is 10.6 Å². The molecule has 3 heterocycles. The lowest BCUT2D eigenvalue weighted by Gasteiger charge is -2.35. The number of ether oxygens (including phenoxy) is 1. The number of hydrogen-bond donors (Lipinski definition) is 3. The van der Waals surface area contributed by atoms with Gasteiger partial charge < -0.3 is 20.3 Å². The van der Waals surface area contributed by atoms with E-state index in [4.69, 9.17) is 4.74 Å². The summed E-state index contributed by atoms with van der Waals surface area (Å²) in [6.45, 7) is 5.75. The second kappa shape index (κ2) is 8.08. The summed E-state index contributed by atoms with van der Waals surface area (Å²) < 4.78 is 20.0. The maximum Gasteiger partial charge on any atom is 0.410 e. The second-order valence-corrected chi connectivity index (χ2v) is 8.86. The van der Waals surface area contributed by atoms with Crippen molar-refractivity contribution < 1.29 is 13.9 Å². The number of amides is 1. The lowest BCUT2D eigenvalue weighted by molar-refractivity contribution is 0.0125. The van der Waals surface area contributed by atoms with Gasteiger partial charge in [-0.15, -0.1) is 0 Å². The zero-order chi connectivity index (χ0) is 21.3. The number of aromatic amines is 1. The van der Waals surface area contributed by atoms with Crippen LogP contribution in [0.4, 0.5) is 26.8 Å². The Morgan fingerprint density at radius 3 is 2.80 bits per heavy atom. The Hall–Kier alpha value is -2.91. The lowest BCUT2D eigenvalue weighted by Crippen LogP contribution is -2.51. The molecule has 9 nitrogen and oxygen atoms in total. The molecule has 1 aliphatic heterocycles. The van der Waals surface area contributed by atoms with E-state index < -0.39 is 23.9 Å². The van der Waals surface area contributed by atoms with Crippen LogP contribution in [-0.4, -0.2) is 62.1 Å². The van der Waals surface area contributed by atoms with E-state index in [1.54, 1.807) is 33.0 Å². The number of hydrogen-bond acceptors (Lipinski definition) is 7. The lowest BCUT2D eigenvalue weighted by atomic mass is 10.0. The predicted octanol–water partition coefficient (Wildman–Crippen LogP) is 3.58. The van der Waals surface area contributed by atoms with Crippen LogP contribution in [0.25, 0.3) is 0 Å². The zero-order valence-electron chi connectivity index (χ0n) is 17.5. The van der Waals surface area contributed by atoms with Gasteiger partial charge in [0, 0.05) is 30.4 Å². The molecule has 2 aliphatic rings. The molecule has 1 amide bonds. The average Bonchev–Trinajstić information content (AvgIpc) is 3.42. The predicted molar refractivity (Wildman–Crippen MR) is 111 cm³/mol. The second-order valence-electron chi connectivity index (χ2n) is 8.86. The number of likely N-dealkylation sites (tertiary alicyclic amines) is 1. The van der Waals surface area contributed by atoms with Crippen LogP contribution >= 0.6 is 0 Å². The van der Waals surface area contributed by atoms with Crippen LogP contribution in [0, 0.1) is 0 Å². The average molecular weight is 417 g/mol. The van der Waals surface area contributed by atoms with Crippen molar-refractivity contribution in [2.24, 2.45) is 0 Å². The maximum atomic E-state index is 14.7. The van der Waals surface area contributed by atoms with E-state index in [2.05, 4.69) is 30.8 Å². The molecule has 0 unspecified atom stereocenters. The van der Waals surface area contributed by atoms with Crippen molar-refractivity contribution in [1.29, 1.82) is 0 Å². The Balaban J connectivity index is 1.33. The van der Waals surface area contributed by atoms with Crippen LogP contribution in [0.1, 0.15) is 51.6 Å². The number of aromatic nitrogens is 4. The summed E-state index contributed by atoms with van der Waals surface area (Å²) >= 11 is 0. The van der Waals surface area contributed by atoms with E-state index in [-0.39, 0.29) is 6.54 Å². The first-order valence-corrected chi connectivity index (χ1v) is 10.3. The van der Waals surface area contributed by atoms with Gasteiger partial charge in [0.1, 0.15) is 17.6 Å². The van der Waals surface area contributed by atoms with Crippen molar-refractivity contribution in [3.63, 3.8) is 0 Å². The molecule has 0 aromatic carbocycles. The smallest absolute Gasteiger partial charge is 0.410 e. The highest BCUT2D eigenvalue weighted by atomic mass is 19.1. The molecule has 1 saturated heterocycles. The molecule has 2 aromatic rings. The molecule has 2 aromatic heterocycles. The highest BCUT2D eigenvalue weighted by Crippen LogP contribution is 2.39. The quantitative estimate of drug-likeness (QED) is 0.682. The van der Waals surface area contributed by atoms with Gasteiger partial charge >= 0.3 is 6.09 Å². The zero-order valence-corrected chi connectivity index (χ0v) is 17.5. The van der Waals surface area contributed by atoms with Crippen molar-refractivity contribution in [3.8, 4) is 0 Å². The van der Waals surface area contributed by atoms with Crippen molar-refractivity contribution in [2.75, 3.05) is 23.7 Å². The number of H-pyrrole nitrogens is 1. The van der Waals surface area contributed by atoms with Crippen LogP contribution in [-0.2, 0) is 4.74 Å². The van der Waals surface area contributed by atoms with Gasteiger partial charge in [0.05, 0.1) is 12.6 Å². The van der Waals surface area contributed by atoms with Crippen molar-refractivity contribution in [1.82, 2.24) is 25.1 Å². The number of rotatable bonds is 5. The van der Waals surface area contributed by atoms with E-state index in [1.165, 1.54) is 17.7 Å². The van der Waals surface area contributed by atoms with E-state index in [0.717, 1.165) is 5.69 Å². The number of carbonyl (C=O) groups excluding carboxylic acids is 1. The summed E-state index contributed by atoms with van der Waals surface area (Å²) in [5, 5.41) is 13.5. The van der Waals surface area contributed by atoms with Gasteiger partial charge in [0.25, 0.3) is 0 Å². The SMILES string of the molecule is CC(C)(C)OC(=O)N1CC[C@@H](Nc2nccc(Nc3cc(C4CC4)[nH]n3)n2)[C@@H](F)C1. The molecule has 30 heavy (non-hydrogen) atoms. The number of carbonyl (C=O) groups is 1. The van der Waals surface area contributed by atoms with Gasteiger partial charge in [-0.3, -0.25) is 5.10 Å². The minimum atomic E-state index is -1.25. The molecule has 2 fully saturated rings. The number of piperidine rings is 1. The third kappa shape index (κ3) is 5.17. The van der Waals surface area contributed by atoms with E-state index in [9.17, 15) is 9.18 Å². The maximum absolute atomic E-state index is 14.7. The molecule has 3 N–H and O–H groups in total. The largest absolute Gasteiger partial charge is 0.444 e.